The van der Waals surface area contributed by atoms with Crippen LogP contribution in [-0.2, 0) is 0 Å². The van der Waals surface area contributed by atoms with Gasteiger partial charge in [0.1, 0.15) is 0 Å². The van der Waals surface area contributed by atoms with Crippen molar-refractivity contribution in [1.82, 2.24) is 0 Å². The van der Waals surface area contributed by atoms with Gasteiger partial charge in [0, 0.05) is 6.04 Å². The molecule has 1 heteroatoms. The van der Waals surface area contributed by atoms with E-state index < -0.39 is 0 Å². The third kappa shape index (κ3) is 17.7. The molecule has 1 unspecified atom stereocenters. The number of hydrogen-bond acceptors (Lipinski definition) is 1. The first-order valence-corrected chi connectivity index (χ1v) is 8.68. The monoisotopic (exact) mass is 267 g/mol. The van der Waals surface area contributed by atoms with Crippen molar-refractivity contribution >= 4 is 0 Å². The van der Waals surface area contributed by atoms with Crippen LogP contribution in [0, 0.1) is 0 Å². The number of allylic oxidation sites excluding steroid dienone is 2. The molecular formula is C18H37N. The van der Waals surface area contributed by atoms with E-state index in [1.165, 1.54) is 83.5 Å². The maximum Gasteiger partial charge on any atom is 0.00104 e. The molecular weight excluding hydrogens is 230 g/mol. The lowest BCUT2D eigenvalue weighted by Gasteiger charge is -2.04. The molecule has 2 N–H and O–H groups in total. The Morgan fingerprint density at radius 1 is 0.737 bits per heavy atom. The fraction of sp³-hybridized carbons (Fsp3) is 0.889. The second-order valence-corrected chi connectivity index (χ2v) is 6.00. The topological polar surface area (TPSA) is 26.0 Å². The van der Waals surface area contributed by atoms with Crippen LogP contribution in [0.3, 0.4) is 0 Å². The summed E-state index contributed by atoms with van der Waals surface area (Å²) in [6.45, 7) is 4.36. The number of nitrogens with two attached hydrogens (primary N) is 1. The van der Waals surface area contributed by atoms with E-state index in [2.05, 4.69) is 26.0 Å². The lowest BCUT2D eigenvalue weighted by molar-refractivity contribution is 0.539. The number of unbranched alkanes of at least 4 members (excludes halogenated alkanes) is 10. The lowest BCUT2D eigenvalue weighted by Crippen LogP contribution is -2.13. The molecule has 19 heavy (non-hydrogen) atoms. The summed E-state index contributed by atoms with van der Waals surface area (Å²) in [4.78, 5) is 0. The molecule has 0 saturated heterocycles. The molecule has 0 radical (unpaired) electrons. The van der Waals surface area contributed by atoms with Gasteiger partial charge in [0.05, 0.1) is 0 Å². The van der Waals surface area contributed by atoms with Gasteiger partial charge in [-0.3, -0.25) is 0 Å². The van der Waals surface area contributed by atoms with E-state index in [9.17, 15) is 0 Å². The van der Waals surface area contributed by atoms with Gasteiger partial charge < -0.3 is 5.73 Å². The molecule has 0 rings (SSSR count). The van der Waals surface area contributed by atoms with Crippen LogP contribution < -0.4 is 5.73 Å². The molecule has 0 aliphatic rings. The fourth-order valence-corrected chi connectivity index (χ4v) is 2.35. The summed E-state index contributed by atoms with van der Waals surface area (Å²) in [7, 11) is 0. The minimum atomic E-state index is 0.394. The van der Waals surface area contributed by atoms with E-state index in [1.54, 1.807) is 0 Å². The molecule has 0 saturated carbocycles. The third-order valence-electron chi connectivity index (χ3n) is 3.67. The van der Waals surface area contributed by atoms with E-state index in [0.717, 1.165) is 0 Å². The molecule has 0 fully saturated rings. The van der Waals surface area contributed by atoms with Gasteiger partial charge in [0.15, 0.2) is 0 Å². The van der Waals surface area contributed by atoms with Crippen molar-refractivity contribution in [2.75, 3.05) is 0 Å². The van der Waals surface area contributed by atoms with Gasteiger partial charge in [-0.15, -0.1) is 0 Å². The predicted octanol–water partition coefficient (Wildman–Crippen LogP) is 5.98. The lowest BCUT2D eigenvalue weighted by atomic mass is 10.0. The maximum absolute atomic E-state index is 5.73. The molecule has 0 aliphatic carbocycles. The molecule has 1 atom stereocenters. The van der Waals surface area contributed by atoms with E-state index in [-0.39, 0.29) is 0 Å². The Labute approximate surface area is 122 Å². The van der Waals surface area contributed by atoms with Crippen molar-refractivity contribution in [3.05, 3.63) is 12.2 Å². The van der Waals surface area contributed by atoms with Gasteiger partial charge in [0.2, 0.25) is 0 Å². The Balaban J connectivity index is 3.01. The van der Waals surface area contributed by atoms with Gasteiger partial charge in [0.25, 0.3) is 0 Å². The van der Waals surface area contributed by atoms with Crippen LogP contribution in [0.25, 0.3) is 0 Å². The van der Waals surface area contributed by atoms with Crippen molar-refractivity contribution in [3.63, 3.8) is 0 Å². The molecule has 0 aliphatic heterocycles. The second kappa shape index (κ2) is 15.8. The zero-order valence-electron chi connectivity index (χ0n) is 13.5. The third-order valence-corrected chi connectivity index (χ3v) is 3.67. The summed E-state index contributed by atoms with van der Waals surface area (Å²) in [5.74, 6) is 0. The van der Waals surface area contributed by atoms with Crippen LogP contribution in [0.5, 0.6) is 0 Å². The maximum atomic E-state index is 5.73. The summed E-state index contributed by atoms with van der Waals surface area (Å²) < 4.78 is 0. The molecule has 1 nitrogen and oxygen atoms in total. The first kappa shape index (κ1) is 18.7. The smallest absolute Gasteiger partial charge is 0.00104 e. The Kier molecular flexibility index (Phi) is 15.5. The molecule has 0 aromatic heterocycles. The standard InChI is InChI=1S/C18H37N/c1-3-4-5-6-7-8-9-10-11-12-13-14-15-16-17-18(2)19/h6-7,18H,3-5,8-17,19H2,1-2H3/b7-6-. The van der Waals surface area contributed by atoms with Gasteiger partial charge in [-0.25, -0.2) is 0 Å². The van der Waals surface area contributed by atoms with Crippen LogP contribution in [0.15, 0.2) is 12.2 Å². The van der Waals surface area contributed by atoms with E-state index in [1.807, 2.05) is 0 Å². The Hall–Kier alpha value is -0.300. The molecule has 0 aromatic rings. The van der Waals surface area contributed by atoms with E-state index in [4.69, 9.17) is 5.73 Å². The van der Waals surface area contributed by atoms with Crippen molar-refractivity contribution in [3.8, 4) is 0 Å². The zero-order chi connectivity index (χ0) is 14.2. The minimum Gasteiger partial charge on any atom is -0.328 e. The fourth-order valence-electron chi connectivity index (χ4n) is 2.35. The SMILES string of the molecule is CCCC/C=C\CCCCCCCCCCC(C)N. The van der Waals surface area contributed by atoms with Crippen LogP contribution in [0.1, 0.15) is 97.3 Å². The second-order valence-electron chi connectivity index (χ2n) is 6.00. The molecule has 0 spiro atoms. The average Bonchev–Trinajstić information content (AvgIpc) is 2.39. The summed E-state index contributed by atoms with van der Waals surface area (Å²) >= 11 is 0. The van der Waals surface area contributed by atoms with E-state index in [0.29, 0.717) is 6.04 Å². The largest absolute Gasteiger partial charge is 0.328 e. The van der Waals surface area contributed by atoms with Gasteiger partial charge in [-0.05, 0) is 32.6 Å². The average molecular weight is 268 g/mol. The van der Waals surface area contributed by atoms with Crippen molar-refractivity contribution in [2.45, 2.75) is 103 Å². The highest BCUT2D eigenvalue weighted by atomic mass is 14.6. The number of hydrogen-bond donors (Lipinski definition) is 1. The van der Waals surface area contributed by atoms with Crippen molar-refractivity contribution in [2.24, 2.45) is 5.73 Å². The zero-order valence-corrected chi connectivity index (χ0v) is 13.5. The number of rotatable bonds is 14. The predicted molar refractivity (Wildman–Crippen MR) is 88.5 cm³/mol. The molecule has 0 amide bonds. The quantitative estimate of drug-likeness (QED) is 0.304. The molecule has 0 heterocycles. The molecule has 114 valence electrons. The van der Waals surface area contributed by atoms with E-state index >= 15 is 0 Å². The van der Waals surface area contributed by atoms with Crippen molar-refractivity contribution < 1.29 is 0 Å². The van der Waals surface area contributed by atoms with Gasteiger partial charge >= 0.3 is 0 Å². The highest BCUT2D eigenvalue weighted by molar-refractivity contribution is 4.81. The molecule has 0 bridgehead atoms. The normalized spacial score (nSPS) is 13.2. The Morgan fingerprint density at radius 3 is 1.74 bits per heavy atom. The highest BCUT2D eigenvalue weighted by Crippen LogP contribution is 2.11. The Morgan fingerprint density at radius 2 is 1.21 bits per heavy atom. The first-order chi connectivity index (χ1) is 9.27. The summed E-state index contributed by atoms with van der Waals surface area (Å²) in [6, 6.07) is 0.394. The molecule has 0 aromatic carbocycles. The summed E-state index contributed by atoms with van der Waals surface area (Å²) in [5.41, 5.74) is 5.73. The van der Waals surface area contributed by atoms with Gasteiger partial charge in [-0.1, -0.05) is 76.9 Å². The van der Waals surface area contributed by atoms with Crippen LogP contribution in [-0.4, -0.2) is 6.04 Å². The van der Waals surface area contributed by atoms with Crippen LogP contribution in [0.4, 0.5) is 0 Å². The summed E-state index contributed by atoms with van der Waals surface area (Å²) in [6.07, 6.45) is 22.3. The van der Waals surface area contributed by atoms with Gasteiger partial charge in [-0.2, -0.15) is 0 Å². The Bertz CT molecular complexity index is 184. The highest BCUT2D eigenvalue weighted by Gasteiger charge is 1.95. The first-order valence-electron chi connectivity index (χ1n) is 8.68. The summed E-state index contributed by atoms with van der Waals surface area (Å²) in [5, 5.41) is 0. The minimum absolute atomic E-state index is 0.394. The van der Waals surface area contributed by atoms with Crippen molar-refractivity contribution in [1.29, 1.82) is 0 Å². The van der Waals surface area contributed by atoms with Crippen LogP contribution in [0.2, 0.25) is 0 Å². The van der Waals surface area contributed by atoms with Crippen LogP contribution >= 0.6 is 0 Å².